The van der Waals surface area contributed by atoms with Crippen molar-refractivity contribution in [3.05, 3.63) is 249 Å². The highest BCUT2D eigenvalue weighted by atomic mass is 32.1. The summed E-state index contributed by atoms with van der Waals surface area (Å²) in [6.07, 6.45) is 0. The minimum Gasteiger partial charge on any atom is -0.278 e. The number of hydrogen-bond donors (Lipinski definition) is 0. The van der Waals surface area contributed by atoms with Crippen LogP contribution in [0.2, 0.25) is 0 Å². The van der Waals surface area contributed by atoms with Crippen molar-refractivity contribution in [3.63, 3.8) is 0 Å². The molecule has 0 spiro atoms. The lowest BCUT2D eigenvalue weighted by Crippen LogP contribution is -2.10. The number of rotatable bonds is 7. The van der Waals surface area contributed by atoms with Crippen LogP contribution in [0.25, 0.3) is 152 Å². The molecular formula is C69H41N5S2. The van der Waals surface area contributed by atoms with Gasteiger partial charge in [0.05, 0.1) is 22.1 Å². The minimum atomic E-state index is 0.537. The van der Waals surface area contributed by atoms with Gasteiger partial charge in [-0.25, -0.2) is 0 Å². The van der Waals surface area contributed by atoms with Crippen LogP contribution < -0.4 is 0 Å². The lowest BCUT2D eigenvalue weighted by atomic mass is 9.94. The van der Waals surface area contributed by atoms with Gasteiger partial charge in [0.25, 0.3) is 0 Å². The standard InChI is InChI=1S/C69H41N5S2/c1-3-15-42(16-4-1)44-27-32-53(54(37-44)43-17-5-2-6-18-43)67-70-68(73-59-23-11-7-19-49(59)55-38-45(28-33-61(55)73)47-30-35-65-57(40-47)51-21-9-13-25-63(51)75-65)72-69(71-67)74-60-24-12-8-20-50(60)56-39-46(29-34-62(56)74)48-31-36-66-58(41-48)52-22-10-14-26-64(52)76-66/h1-41H. The van der Waals surface area contributed by atoms with Crippen molar-refractivity contribution in [1.29, 1.82) is 0 Å². The monoisotopic (exact) mass is 1000 g/mol. The van der Waals surface area contributed by atoms with Crippen molar-refractivity contribution in [3.8, 4) is 67.8 Å². The maximum Gasteiger partial charge on any atom is 0.240 e. The second-order valence-electron chi connectivity index (χ2n) is 19.5. The first kappa shape index (κ1) is 42.9. The molecule has 0 unspecified atom stereocenters. The Balaban J connectivity index is 0.931. The van der Waals surface area contributed by atoms with Crippen LogP contribution in [-0.2, 0) is 0 Å². The molecule has 0 bridgehead atoms. The number of hydrogen-bond acceptors (Lipinski definition) is 5. The van der Waals surface area contributed by atoms with E-state index in [-0.39, 0.29) is 0 Å². The number of fused-ring (bicyclic) bond motifs is 12. The molecule has 0 saturated heterocycles. The summed E-state index contributed by atoms with van der Waals surface area (Å²) in [5.74, 6) is 1.65. The molecule has 16 rings (SSSR count). The molecule has 0 N–H and O–H groups in total. The molecule has 5 nitrogen and oxygen atoms in total. The van der Waals surface area contributed by atoms with Crippen LogP contribution in [0.1, 0.15) is 0 Å². The third-order valence-electron chi connectivity index (χ3n) is 15.2. The Morgan fingerprint density at radius 1 is 0.237 bits per heavy atom. The van der Waals surface area contributed by atoms with Gasteiger partial charge in [0.2, 0.25) is 11.9 Å². The fourth-order valence-electron chi connectivity index (χ4n) is 11.6. The molecule has 0 fully saturated rings. The highest BCUT2D eigenvalue weighted by Crippen LogP contribution is 2.43. The van der Waals surface area contributed by atoms with Crippen LogP contribution >= 0.6 is 22.7 Å². The van der Waals surface area contributed by atoms with E-state index < -0.39 is 0 Å². The van der Waals surface area contributed by atoms with Gasteiger partial charge in [-0.3, -0.25) is 9.13 Å². The molecule has 7 heteroatoms. The topological polar surface area (TPSA) is 48.5 Å². The van der Waals surface area contributed by atoms with E-state index in [1.807, 2.05) is 22.7 Å². The van der Waals surface area contributed by atoms with Gasteiger partial charge >= 0.3 is 0 Å². The lowest BCUT2D eigenvalue weighted by molar-refractivity contribution is 0.893. The van der Waals surface area contributed by atoms with Crippen LogP contribution in [0.15, 0.2) is 249 Å². The molecule has 0 aliphatic heterocycles. The largest absolute Gasteiger partial charge is 0.278 e. The number of thiophene rings is 2. The fraction of sp³-hybridized carbons (Fsp3) is 0. The number of para-hydroxylation sites is 2. The van der Waals surface area contributed by atoms with E-state index in [0.29, 0.717) is 17.7 Å². The predicted octanol–water partition coefficient (Wildman–Crippen LogP) is 19.1. The van der Waals surface area contributed by atoms with Crippen molar-refractivity contribution < 1.29 is 0 Å². The third kappa shape index (κ3) is 6.80. The van der Waals surface area contributed by atoms with Gasteiger partial charge in [-0.15, -0.1) is 22.7 Å². The van der Waals surface area contributed by atoms with E-state index >= 15 is 0 Å². The summed E-state index contributed by atoms with van der Waals surface area (Å²) in [5, 5.41) is 9.66. The van der Waals surface area contributed by atoms with Crippen molar-refractivity contribution in [2.24, 2.45) is 0 Å². The van der Waals surface area contributed by atoms with Crippen molar-refractivity contribution >= 4 is 107 Å². The second kappa shape index (κ2) is 17.0. The molecule has 0 radical (unpaired) electrons. The zero-order valence-corrected chi connectivity index (χ0v) is 42.4. The Morgan fingerprint density at radius 2 is 0.618 bits per heavy atom. The molecule has 0 aliphatic carbocycles. The molecule has 0 atom stereocenters. The minimum absolute atomic E-state index is 0.537. The third-order valence-corrected chi connectivity index (χ3v) is 17.5. The van der Waals surface area contributed by atoms with Crippen molar-refractivity contribution in [1.82, 2.24) is 24.1 Å². The summed E-state index contributed by atoms with van der Waals surface area (Å²) >= 11 is 3.69. The second-order valence-corrected chi connectivity index (χ2v) is 21.7. The summed E-state index contributed by atoms with van der Waals surface area (Å²) in [4.78, 5) is 16.7. The first-order valence-electron chi connectivity index (χ1n) is 25.6. The van der Waals surface area contributed by atoms with E-state index in [9.17, 15) is 0 Å². The summed E-state index contributed by atoms with van der Waals surface area (Å²) in [5.41, 5.74) is 14.0. The van der Waals surface area contributed by atoms with Crippen molar-refractivity contribution in [2.75, 3.05) is 0 Å². The Bertz CT molecular complexity index is 4750. The average molecular weight is 1000 g/mol. The number of nitrogens with zero attached hydrogens (tertiary/aromatic N) is 5. The Labute approximate surface area is 444 Å². The van der Waals surface area contributed by atoms with Gasteiger partial charge in [0, 0.05) is 67.5 Å². The predicted molar refractivity (Wildman–Crippen MR) is 321 cm³/mol. The van der Waals surface area contributed by atoms with Crippen LogP contribution in [-0.4, -0.2) is 24.1 Å². The van der Waals surface area contributed by atoms with Gasteiger partial charge in [0.15, 0.2) is 5.82 Å². The summed E-state index contributed by atoms with van der Waals surface area (Å²) in [6, 6.07) is 89.9. The summed E-state index contributed by atoms with van der Waals surface area (Å²) in [6.45, 7) is 0. The Morgan fingerprint density at radius 3 is 1.14 bits per heavy atom. The molecular weight excluding hydrogens is 963 g/mol. The average Bonchev–Trinajstić information content (AvgIpc) is 4.26. The van der Waals surface area contributed by atoms with Gasteiger partial charge in [-0.1, -0.05) is 164 Å². The first-order chi connectivity index (χ1) is 37.6. The first-order valence-corrected chi connectivity index (χ1v) is 27.2. The number of aromatic nitrogens is 5. The van der Waals surface area contributed by atoms with Gasteiger partial charge in [-0.2, -0.15) is 15.0 Å². The van der Waals surface area contributed by atoms with Crippen LogP contribution in [0.5, 0.6) is 0 Å². The van der Waals surface area contributed by atoms with Crippen LogP contribution in [0.3, 0.4) is 0 Å². The Hall–Kier alpha value is -9.53. The van der Waals surface area contributed by atoms with E-state index in [0.717, 1.165) is 82.6 Å². The lowest BCUT2D eigenvalue weighted by Gasteiger charge is -2.15. The zero-order chi connectivity index (χ0) is 49.8. The quantitative estimate of drug-likeness (QED) is 0.160. The van der Waals surface area contributed by atoms with Crippen molar-refractivity contribution in [2.45, 2.75) is 0 Å². The summed E-state index contributed by atoms with van der Waals surface area (Å²) < 4.78 is 9.66. The number of benzene rings is 11. The van der Waals surface area contributed by atoms with Gasteiger partial charge < -0.3 is 0 Å². The Kier molecular flexibility index (Phi) is 9.61. The smallest absolute Gasteiger partial charge is 0.240 e. The SMILES string of the molecule is c1ccc(-c2ccc(-c3nc(-n4c5ccccc5c5cc(-c6ccc7sc8ccccc8c7c6)ccc54)nc(-n4c5ccccc5c5cc(-c6ccc7sc8ccccc8c7c6)ccc54)n3)c(-c3ccccc3)c2)cc1. The molecule has 11 aromatic carbocycles. The molecule has 5 aromatic heterocycles. The summed E-state index contributed by atoms with van der Waals surface area (Å²) in [7, 11) is 0. The maximum absolute atomic E-state index is 5.59. The highest BCUT2D eigenvalue weighted by molar-refractivity contribution is 7.26. The molecule has 0 amide bonds. The van der Waals surface area contributed by atoms with Crippen LogP contribution in [0, 0.1) is 0 Å². The molecule has 0 aliphatic rings. The fourth-order valence-corrected chi connectivity index (χ4v) is 13.8. The van der Waals surface area contributed by atoms with E-state index in [2.05, 4.69) is 258 Å². The van der Waals surface area contributed by atoms with E-state index in [4.69, 9.17) is 15.0 Å². The molecule has 16 aromatic rings. The molecule has 5 heterocycles. The van der Waals surface area contributed by atoms with E-state index in [1.165, 1.54) is 51.5 Å². The molecule has 0 saturated carbocycles. The van der Waals surface area contributed by atoms with Gasteiger partial charge in [0.1, 0.15) is 0 Å². The molecule has 354 valence electrons. The van der Waals surface area contributed by atoms with Gasteiger partial charge in [-0.05, 0) is 129 Å². The van der Waals surface area contributed by atoms with Crippen LogP contribution in [0.4, 0.5) is 0 Å². The normalized spacial score (nSPS) is 11.9. The van der Waals surface area contributed by atoms with E-state index in [1.54, 1.807) is 0 Å². The molecule has 76 heavy (non-hydrogen) atoms. The zero-order valence-electron chi connectivity index (χ0n) is 40.7. The maximum atomic E-state index is 5.59. The highest BCUT2D eigenvalue weighted by Gasteiger charge is 2.23.